The van der Waals surface area contributed by atoms with Crippen LogP contribution in [0.5, 0.6) is 0 Å². The van der Waals surface area contributed by atoms with Crippen LogP contribution in [0.2, 0.25) is 0 Å². The Hall–Kier alpha value is -3.71. The third-order valence-electron chi connectivity index (χ3n) is 4.38. The smallest absolute Gasteiger partial charge is 0.338 e. The molecule has 0 aliphatic carbocycles. The first-order valence-electron chi connectivity index (χ1n) is 9.89. The van der Waals surface area contributed by atoms with Crippen LogP contribution in [0.4, 0.5) is 5.69 Å². The molecule has 2 amide bonds. The normalized spacial score (nSPS) is 10.9. The third kappa shape index (κ3) is 6.15. The van der Waals surface area contributed by atoms with Gasteiger partial charge in [0.05, 0.1) is 17.7 Å². The van der Waals surface area contributed by atoms with Crippen molar-refractivity contribution >= 4 is 45.5 Å². The maximum absolute atomic E-state index is 13.0. The van der Waals surface area contributed by atoms with E-state index in [4.69, 9.17) is 4.74 Å². The predicted molar refractivity (Wildman–Crippen MR) is 127 cm³/mol. The van der Waals surface area contributed by atoms with E-state index in [0.717, 1.165) is 5.56 Å². The standard InChI is InChI=1S/C25H21BrN2O4/c1-2-32-25(31)18-12-14-19(15-13-18)27-24(30)22(16-17-8-4-3-5-9-17)28-23(29)20-10-6-7-11-21(20)26/h3-16H,2H2,1H3,(H,27,30)(H,28,29). The Morgan fingerprint density at radius 1 is 0.906 bits per heavy atom. The lowest BCUT2D eigenvalue weighted by Crippen LogP contribution is -2.31. The minimum Gasteiger partial charge on any atom is -0.462 e. The number of carbonyl (C=O) groups is 3. The van der Waals surface area contributed by atoms with Crippen molar-refractivity contribution in [3.8, 4) is 0 Å². The molecule has 0 fully saturated rings. The number of anilines is 1. The van der Waals surface area contributed by atoms with Gasteiger partial charge in [0.2, 0.25) is 0 Å². The topological polar surface area (TPSA) is 84.5 Å². The van der Waals surface area contributed by atoms with Gasteiger partial charge in [-0.05, 0) is 70.9 Å². The van der Waals surface area contributed by atoms with Crippen molar-refractivity contribution in [1.29, 1.82) is 0 Å². The summed E-state index contributed by atoms with van der Waals surface area (Å²) >= 11 is 3.36. The molecule has 0 bridgehead atoms. The molecule has 0 aliphatic rings. The monoisotopic (exact) mass is 492 g/mol. The molecule has 0 heterocycles. The minimum absolute atomic E-state index is 0.0754. The second kappa shape index (κ2) is 11.1. The fourth-order valence-electron chi connectivity index (χ4n) is 2.81. The Balaban J connectivity index is 1.82. The van der Waals surface area contributed by atoms with E-state index in [9.17, 15) is 14.4 Å². The second-order valence-corrected chi connectivity index (χ2v) is 7.51. The van der Waals surface area contributed by atoms with E-state index in [1.807, 2.05) is 30.3 Å². The average molecular weight is 493 g/mol. The predicted octanol–water partition coefficient (Wildman–Crippen LogP) is 5.04. The third-order valence-corrected chi connectivity index (χ3v) is 5.07. The van der Waals surface area contributed by atoms with Crippen LogP contribution in [-0.2, 0) is 9.53 Å². The first-order chi connectivity index (χ1) is 15.5. The van der Waals surface area contributed by atoms with Gasteiger partial charge in [-0.15, -0.1) is 0 Å². The van der Waals surface area contributed by atoms with Gasteiger partial charge in [-0.25, -0.2) is 4.79 Å². The van der Waals surface area contributed by atoms with Crippen molar-refractivity contribution < 1.29 is 19.1 Å². The fraction of sp³-hybridized carbons (Fsp3) is 0.0800. The first-order valence-corrected chi connectivity index (χ1v) is 10.7. The van der Waals surface area contributed by atoms with E-state index in [1.165, 1.54) is 0 Å². The molecule has 3 aromatic carbocycles. The zero-order valence-electron chi connectivity index (χ0n) is 17.3. The summed E-state index contributed by atoms with van der Waals surface area (Å²) in [5.41, 5.74) is 2.08. The van der Waals surface area contributed by atoms with Gasteiger partial charge < -0.3 is 15.4 Å². The second-order valence-electron chi connectivity index (χ2n) is 6.65. The van der Waals surface area contributed by atoms with Crippen LogP contribution in [0, 0.1) is 0 Å². The van der Waals surface area contributed by atoms with Crippen molar-refractivity contribution in [2.24, 2.45) is 0 Å². The Bertz CT molecular complexity index is 1140. The van der Waals surface area contributed by atoms with Crippen molar-refractivity contribution in [3.63, 3.8) is 0 Å². The number of hydrogen-bond acceptors (Lipinski definition) is 4. The zero-order chi connectivity index (χ0) is 22.9. The summed E-state index contributed by atoms with van der Waals surface area (Å²) in [5.74, 6) is -1.36. The Labute approximate surface area is 194 Å². The summed E-state index contributed by atoms with van der Waals surface area (Å²) in [4.78, 5) is 37.6. The van der Waals surface area contributed by atoms with Crippen LogP contribution >= 0.6 is 15.9 Å². The summed E-state index contributed by atoms with van der Waals surface area (Å²) in [7, 11) is 0. The molecule has 32 heavy (non-hydrogen) atoms. The van der Waals surface area contributed by atoms with E-state index >= 15 is 0 Å². The molecule has 0 aromatic heterocycles. The number of nitrogens with one attached hydrogen (secondary N) is 2. The Kier molecular flexibility index (Phi) is 7.94. The number of carbonyl (C=O) groups excluding carboxylic acids is 3. The van der Waals surface area contributed by atoms with E-state index < -0.39 is 17.8 Å². The largest absolute Gasteiger partial charge is 0.462 e. The van der Waals surface area contributed by atoms with Gasteiger partial charge in [0.1, 0.15) is 5.70 Å². The first kappa shape index (κ1) is 23.0. The lowest BCUT2D eigenvalue weighted by molar-refractivity contribution is -0.113. The summed E-state index contributed by atoms with van der Waals surface area (Å²) in [5, 5.41) is 5.44. The van der Waals surface area contributed by atoms with E-state index in [-0.39, 0.29) is 12.3 Å². The molecule has 0 radical (unpaired) electrons. The van der Waals surface area contributed by atoms with Crippen LogP contribution in [0.1, 0.15) is 33.2 Å². The fourth-order valence-corrected chi connectivity index (χ4v) is 3.28. The molecule has 2 N–H and O–H groups in total. The molecule has 0 spiro atoms. The van der Waals surface area contributed by atoms with Crippen LogP contribution < -0.4 is 10.6 Å². The lowest BCUT2D eigenvalue weighted by atomic mass is 10.1. The number of esters is 1. The summed E-state index contributed by atoms with van der Waals surface area (Å²) in [6.45, 7) is 2.01. The van der Waals surface area contributed by atoms with Gasteiger partial charge in [-0.2, -0.15) is 0 Å². The Morgan fingerprint density at radius 3 is 2.22 bits per heavy atom. The average Bonchev–Trinajstić information content (AvgIpc) is 2.80. The number of amides is 2. The Morgan fingerprint density at radius 2 is 1.56 bits per heavy atom. The summed E-state index contributed by atoms with van der Waals surface area (Å²) in [6.07, 6.45) is 1.59. The van der Waals surface area contributed by atoms with Crippen LogP contribution in [0.25, 0.3) is 6.08 Å². The van der Waals surface area contributed by atoms with Gasteiger partial charge in [-0.1, -0.05) is 42.5 Å². The van der Waals surface area contributed by atoms with Crippen LogP contribution in [0.3, 0.4) is 0 Å². The van der Waals surface area contributed by atoms with E-state index in [0.29, 0.717) is 21.3 Å². The number of ether oxygens (including phenoxy) is 1. The molecule has 162 valence electrons. The van der Waals surface area contributed by atoms with Crippen molar-refractivity contribution in [2.75, 3.05) is 11.9 Å². The van der Waals surface area contributed by atoms with E-state index in [2.05, 4.69) is 26.6 Å². The highest BCUT2D eigenvalue weighted by atomic mass is 79.9. The maximum atomic E-state index is 13.0. The van der Waals surface area contributed by atoms with Crippen LogP contribution in [-0.4, -0.2) is 24.4 Å². The van der Waals surface area contributed by atoms with Gasteiger partial charge in [0.15, 0.2) is 0 Å². The number of hydrogen-bond donors (Lipinski definition) is 2. The summed E-state index contributed by atoms with van der Waals surface area (Å²) in [6, 6.07) is 22.5. The van der Waals surface area contributed by atoms with Crippen molar-refractivity contribution in [2.45, 2.75) is 6.92 Å². The number of rotatable bonds is 7. The van der Waals surface area contributed by atoms with Crippen molar-refractivity contribution in [3.05, 3.63) is 106 Å². The van der Waals surface area contributed by atoms with Gasteiger partial charge in [0, 0.05) is 10.2 Å². The molecule has 0 aliphatic heterocycles. The molecule has 0 atom stereocenters. The van der Waals surface area contributed by atoms with Crippen LogP contribution in [0.15, 0.2) is 89.0 Å². The minimum atomic E-state index is -0.502. The SMILES string of the molecule is CCOC(=O)c1ccc(NC(=O)C(=Cc2ccccc2)NC(=O)c2ccccc2Br)cc1. The highest BCUT2D eigenvalue weighted by Crippen LogP contribution is 2.17. The van der Waals surface area contributed by atoms with Gasteiger partial charge in [-0.3, -0.25) is 9.59 Å². The highest BCUT2D eigenvalue weighted by molar-refractivity contribution is 9.10. The molecular weight excluding hydrogens is 472 g/mol. The molecule has 3 rings (SSSR count). The molecule has 0 saturated carbocycles. The number of halogens is 1. The van der Waals surface area contributed by atoms with Gasteiger partial charge >= 0.3 is 5.97 Å². The molecular formula is C25H21BrN2O4. The quantitative estimate of drug-likeness (QED) is 0.357. The van der Waals surface area contributed by atoms with Crippen molar-refractivity contribution in [1.82, 2.24) is 5.32 Å². The lowest BCUT2D eigenvalue weighted by Gasteiger charge is -2.12. The summed E-state index contributed by atoms with van der Waals surface area (Å²) < 4.78 is 5.58. The molecule has 0 saturated heterocycles. The highest BCUT2D eigenvalue weighted by Gasteiger charge is 2.17. The molecule has 6 nitrogen and oxygen atoms in total. The number of benzene rings is 3. The molecule has 0 unspecified atom stereocenters. The zero-order valence-corrected chi connectivity index (χ0v) is 18.9. The maximum Gasteiger partial charge on any atom is 0.338 e. The van der Waals surface area contributed by atoms with Gasteiger partial charge in [0.25, 0.3) is 11.8 Å². The van der Waals surface area contributed by atoms with E-state index in [1.54, 1.807) is 61.5 Å². The molecule has 3 aromatic rings. The molecule has 7 heteroatoms.